The van der Waals surface area contributed by atoms with Crippen molar-refractivity contribution in [1.82, 2.24) is 0 Å². The van der Waals surface area contributed by atoms with E-state index in [9.17, 15) is 12.8 Å². The number of thioether (sulfide) groups is 1. The minimum atomic E-state index is -3.90. The second kappa shape index (κ2) is 6.47. The van der Waals surface area contributed by atoms with Crippen LogP contribution in [0.3, 0.4) is 0 Å². The second-order valence-corrected chi connectivity index (χ2v) is 6.78. The maximum absolute atomic E-state index is 13.4. The molecule has 0 N–H and O–H groups in total. The molecule has 0 spiro atoms. The number of benzene rings is 1. The van der Waals surface area contributed by atoms with Crippen LogP contribution in [0.1, 0.15) is 6.42 Å². The number of halogens is 2. The molecule has 0 aliphatic rings. The highest BCUT2D eigenvalue weighted by molar-refractivity contribution is 8.13. The summed E-state index contributed by atoms with van der Waals surface area (Å²) in [4.78, 5) is -0.270. The Morgan fingerprint density at radius 3 is 2.71 bits per heavy atom. The Hall–Kier alpha value is -0.460. The number of hydrogen-bond donors (Lipinski definition) is 0. The van der Waals surface area contributed by atoms with Crippen molar-refractivity contribution in [1.29, 1.82) is 0 Å². The molecule has 3 nitrogen and oxygen atoms in total. The van der Waals surface area contributed by atoms with Crippen LogP contribution in [0.15, 0.2) is 23.1 Å². The third-order valence-electron chi connectivity index (χ3n) is 1.94. The molecule has 1 aromatic carbocycles. The van der Waals surface area contributed by atoms with Crippen LogP contribution in [0.4, 0.5) is 4.39 Å². The first-order valence-electron chi connectivity index (χ1n) is 4.81. The monoisotopic (exact) mass is 298 g/mol. The van der Waals surface area contributed by atoms with Crippen molar-refractivity contribution in [2.24, 2.45) is 0 Å². The zero-order valence-electron chi connectivity index (χ0n) is 9.15. The molecular formula is C10H12ClFO3S2. The van der Waals surface area contributed by atoms with Gasteiger partial charge in [-0.1, -0.05) is 0 Å². The van der Waals surface area contributed by atoms with Gasteiger partial charge in [-0.05, 0) is 36.6 Å². The average Bonchev–Trinajstić information content (AvgIpc) is 2.24. The van der Waals surface area contributed by atoms with Crippen molar-refractivity contribution >= 4 is 31.5 Å². The summed E-state index contributed by atoms with van der Waals surface area (Å²) < 4.78 is 40.5. The Morgan fingerprint density at radius 2 is 2.18 bits per heavy atom. The van der Waals surface area contributed by atoms with Gasteiger partial charge < -0.3 is 4.74 Å². The molecule has 0 saturated carbocycles. The molecule has 0 unspecified atom stereocenters. The number of rotatable bonds is 6. The molecular weight excluding hydrogens is 287 g/mol. The Balaban J connectivity index is 2.70. The third kappa shape index (κ3) is 4.73. The van der Waals surface area contributed by atoms with Crippen LogP contribution in [-0.4, -0.2) is 27.0 Å². The molecule has 0 fully saturated rings. The van der Waals surface area contributed by atoms with Crippen LogP contribution >= 0.6 is 22.4 Å². The van der Waals surface area contributed by atoms with Gasteiger partial charge in [-0.25, -0.2) is 12.8 Å². The summed E-state index contributed by atoms with van der Waals surface area (Å²) in [6.07, 6.45) is 2.77. The first-order valence-corrected chi connectivity index (χ1v) is 8.51. The smallest absolute Gasteiger partial charge is 0.261 e. The summed E-state index contributed by atoms with van der Waals surface area (Å²) in [6.45, 7) is 0.394. The van der Waals surface area contributed by atoms with Crippen molar-refractivity contribution < 1.29 is 17.5 Å². The number of hydrogen-bond acceptors (Lipinski definition) is 4. The van der Waals surface area contributed by atoms with Crippen LogP contribution in [-0.2, 0) is 9.05 Å². The minimum absolute atomic E-state index is 0.0372. The van der Waals surface area contributed by atoms with E-state index >= 15 is 0 Å². The lowest BCUT2D eigenvalue weighted by atomic mass is 10.3. The van der Waals surface area contributed by atoms with E-state index in [-0.39, 0.29) is 10.6 Å². The molecule has 96 valence electrons. The molecule has 0 aliphatic heterocycles. The summed E-state index contributed by atoms with van der Waals surface area (Å²) in [6, 6.07) is 3.34. The van der Waals surface area contributed by atoms with E-state index in [1.807, 2.05) is 6.26 Å². The van der Waals surface area contributed by atoms with Gasteiger partial charge in [0.05, 0.1) is 11.5 Å². The van der Waals surface area contributed by atoms with Crippen molar-refractivity contribution in [3.05, 3.63) is 24.0 Å². The van der Waals surface area contributed by atoms with Crippen LogP contribution in [0.25, 0.3) is 0 Å². The number of ether oxygens (including phenoxy) is 1. The maximum atomic E-state index is 13.4. The van der Waals surface area contributed by atoms with Gasteiger partial charge in [0.25, 0.3) is 9.05 Å². The lowest BCUT2D eigenvalue weighted by Gasteiger charge is -2.07. The topological polar surface area (TPSA) is 43.4 Å². The zero-order chi connectivity index (χ0) is 12.9. The lowest BCUT2D eigenvalue weighted by molar-refractivity contribution is 0.302. The van der Waals surface area contributed by atoms with Gasteiger partial charge in [-0.15, -0.1) is 0 Å². The van der Waals surface area contributed by atoms with Crippen LogP contribution in [0.5, 0.6) is 5.75 Å². The van der Waals surface area contributed by atoms with Crippen LogP contribution in [0.2, 0.25) is 0 Å². The molecule has 0 heterocycles. The van der Waals surface area contributed by atoms with E-state index in [0.717, 1.165) is 18.2 Å². The Labute approximate surface area is 109 Å². The average molecular weight is 299 g/mol. The summed E-state index contributed by atoms with van der Waals surface area (Å²) in [5.41, 5.74) is 0. The zero-order valence-corrected chi connectivity index (χ0v) is 11.5. The molecule has 0 radical (unpaired) electrons. The molecule has 0 saturated heterocycles. The first-order chi connectivity index (χ1) is 7.95. The van der Waals surface area contributed by atoms with E-state index < -0.39 is 14.9 Å². The summed E-state index contributed by atoms with van der Waals surface area (Å²) in [5, 5.41) is 0. The van der Waals surface area contributed by atoms with Gasteiger partial charge in [0.15, 0.2) is 11.6 Å². The standard InChI is InChI=1S/C10H12ClFO3S2/c1-16-6-2-5-15-10-4-3-8(7-9(10)12)17(11,13)14/h3-4,7H,2,5-6H2,1H3. The van der Waals surface area contributed by atoms with E-state index in [1.165, 1.54) is 12.1 Å². The molecule has 0 aliphatic carbocycles. The maximum Gasteiger partial charge on any atom is 0.261 e. The molecule has 17 heavy (non-hydrogen) atoms. The van der Waals surface area contributed by atoms with E-state index in [0.29, 0.717) is 6.61 Å². The van der Waals surface area contributed by atoms with Crippen molar-refractivity contribution in [3.63, 3.8) is 0 Å². The molecule has 1 rings (SSSR count). The van der Waals surface area contributed by atoms with E-state index in [4.69, 9.17) is 15.4 Å². The van der Waals surface area contributed by atoms with Gasteiger partial charge in [-0.2, -0.15) is 11.8 Å². The van der Waals surface area contributed by atoms with Crippen molar-refractivity contribution in [3.8, 4) is 5.75 Å². The normalized spacial score (nSPS) is 11.5. The highest BCUT2D eigenvalue weighted by Gasteiger charge is 2.13. The Bertz CT molecular complexity index is 476. The Morgan fingerprint density at radius 1 is 1.47 bits per heavy atom. The van der Waals surface area contributed by atoms with Crippen LogP contribution < -0.4 is 4.74 Å². The highest BCUT2D eigenvalue weighted by atomic mass is 35.7. The van der Waals surface area contributed by atoms with Gasteiger partial charge in [0.2, 0.25) is 0 Å². The minimum Gasteiger partial charge on any atom is -0.490 e. The van der Waals surface area contributed by atoms with Crippen molar-refractivity contribution in [2.45, 2.75) is 11.3 Å². The van der Waals surface area contributed by atoms with Gasteiger partial charge >= 0.3 is 0 Å². The first kappa shape index (κ1) is 14.6. The quantitative estimate of drug-likeness (QED) is 0.598. The van der Waals surface area contributed by atoms with Gasteiger partial charge in [0.1, 0.15) is 0 Å². The summed E-state index contributed by atoms with van der Waals surface area (Å²) in [5.74, 6) is 0.238. The molecule has 1 aromatic rings. The fraction of sp³-hybridized carbons (Fsp3) is 0.400. The summed E-state index contributed by atoms with van der Waals surface area (Å²) >= 11 is 1.68. The SMILES string of the molecule is CSCCCOc1ccc(S(=O)(=O)Cl)cc1F. The molecule has 0 atom stereocenters. The van der Waals surface area contributed by atoms with Gasteiger partial charge in [0, 0.05) is 10.7 Å². The largest absolute Gasteiger partial charge is 0.490 e. The Kier molecular flexibility index (Phi) is 5.55. The lowest BCUT2D eigenvalue weighted by Crippen LogP contribution is -2.01. The van der Waals surface area contributed by atoms with E-state index in [1.54, 1.807) is 11.8 Å². The fourth-order valence-corrected chi connectivity index (χ4v) is 2.30. The van der Waals surface area contributed by atoms with Crippen molar-refractivity contribution in [2.75, 3.05) is 18.6 Å². The van der Waals surface area contributed by atoms with Gasteiger partial charge in [-0.3, -0.25) is 0 Å². The second-order valence-electron chi connectivity index (χ2n) is 3.22. The summed E-state index contributed by atoms with van der Waals surface area (Å²) in [7, 11) is 1.19. The fourth-order valence-electron chi connectivity index (χ4n) is 1.14. The predicted molar refractivity (Wildman–Crippen MR) is 67.9 cm³/mol. The predicted octanol–water partition coefficient (Wildman–Crippen LogP) is 2.89. The third-order valence-corrected chi connectivity index (χ3v) is 3.98. The molecule has 0 amide bonds. The molecule has 0 aromatic heterocycles. The molecule has 7 heteroatoms. The van der Waals surface area contributed by atoms with E-state index in [2.05, 4.69) is 0 Å². The highest BCUT2D eigenvalue weighted by Crippen LogP contribution is 2.23. The van der Waals surface area contributed by atoms with Crippen LogP contribution in [0, 0.1) is 5.82 Å². The molecule has 0 bridgehead atoms.